The number of piperidine rings is 1. The minimum Gasteiger partial charge on any atom is -0.358 e. The zero-order valence-electron chi connectivity index (χ0n) is 18.1. The van der Waals surface area contributed by atoms with Crippen molar-refractivity contribution in [3.63, 3.8) is 0 Å². The van der Waals surface area contributed by atoms with Crippen molar-refractivity contribution in [1.29, 1.82) is 0 Å². The molecule has 1 aromatic heterocycles. The van der Waals surface area contributed by atoms with Crippen LogP contribution in [0.2, 0.25) is 5.02 Å². The molecule has 2 aromatic carbocycles. The number of nitrogens with one attached hydrogen (secondary N) is 1. The van der Waals surface area contributed by atoms with Gasteiger partial charge in [0.05, 0.1) is 11.1 Å². The fourth-order valence-corrected chi connectivity index (χ4v) is 4.26. The van der Waals surface area contributed by atoms with Gasteiger partial charge < -0.3 is 14.7 Å². The number of carbonyl (C=O) groups excluding carboxylic acids is 2. The predicted octanol–water partition coefficient (Wildman–Crippen LogP) is 5.80. The van der Waals surface area contributed by atoms with E-state index in [9.17, 15) is 14.0 Å². The number of nitrogens with zero attached hydrogens (tertiary/aromatic N) is 2. The number of benzene rings is 2. The van der Waals surface area contributed by atoms with Crippen molar-refractivity contribution in [2.45, 2.75) is 44.6 Å². The van der Waals surface area contributed by atoms with Crippen molar-refractivity contribution in [3.05, 3.63) is 82.5 Å². The van der Waals surface area contributed by atoms with Gasteiger partial charge in [0.1, 0.15) is 5.82 Å². The smallest absolute Gasteiger partial charge is 0.277 e. The van der Waals surface area contributed by atoms with E-state index in [0.717, 1.165) is 32.1 Å². The van der Waals surface area contributed by atoms with Gasteiger partial charge in [0.15, 0.2) is 11.5 Å². The van der Waals surface area contributed by atoms with Crippen molar-refractivity contribution in [2.24, 2.45) is 0 Å². The third kappa shape index (κ3) is 5.79. The lowest BCUT2D eigenvalue weighted by Gasteiger charge is -2.34. The normalized spacial score (nSPS) is 15.9. The summed E-state index contributed by atoms with van der Waals surface area (Å²) in [5, 5.41) is 6.43. The molecule has 3 aromatic rings. The van der Waals surface area contributed by atoms with Crippen LogP contribution in [0, 0.1) is 5.82 Å². The number of hydrogen-bond donors (Lipinski definition) is 1. The van der Waals surface area contributed by atoms with Crippen LogP contribution >= 0.6 is 11.6 Å². The topological polar surface area (TPSA) is 75.4 Å². The van der Waals surface area contributed by atoms with Crippen LogP contribution in [-0.4, -0.2) is 28.4 Å². The van der Waals surface area contributed by atoms with E-state index in [1.54, 1.807) is 6.07 Å². The minimum atomic E-state index is -0.566. The van der Waals surface area contributed by atoms with E-state index in [2.05, 4.69) is 22.6 Å². The van der Waals surface area contributed by atoms with E-state index in [0.29, 0.717) is 24.4 Å². The standard InChI is InChI=1S/C25H25ClFN3O3/c26-19-15-18(12-13-20(19)27)28-25(32)21-16-23(33-29-21)22-10-4-5-14-30(22)24(31)11-6-9-17-7-2-1-3-8-17/h1-3,7-8,12-13,15-16,22H,4-6,9-11,14H2,(H,28,32). The molecular weight excluding hydrogens is 445 g/mol. The summed E-state index contributed by atoms with van der Waals surface area (Å²) in [5.74, 6) is -0.485. The molecule has 1 aliphatic rings. The molecule has 33 heavy (non-hydrogen) atoms. The molecule has 6 nitrogen and oxygen atoms in total. The lowest BCUT2D eigenvalue weighted by Crippen LogP contribution is -2.38. The molecule has 1 unspecified atom stereocenters. The molecule has 0 bridgehead atoms. The van der Waals surface area contributed by atoms with E-state index >= 15 is 0 Å². The van der Waals surface area contributed by atoms with E-state index in [-0.39, 0.29) is 22.7 Å². The lowest BCUT2D eigenvalue weighted by molar-refractivity contribution is -0.135. The molecule has 1 atom stereocenters. The molecule has 1 saturated heterocycles. The summed E-state index contributed by atoms with van der Waals surface area (Å²) < 4.78 is 18.8. The Morgan fingerprint density at radius 2 is 1.97 bits per heavy atom. The van der Waals surface area contributed by atoms with E-state index < -0.39 is 11.7 Å². The van der Waals surface area contributed by atoms with Crippen LogP contribution in [0.1, 0.15) is 60.0 Å². The Hall–Kier alpha value is -3.19. The van der Waals surface area contributed by atoms with Crippen molar-refractivity contribution in [2.75, 3.05) is 11.9 Å². The molecule has 1 aliphatic heterocycles. The van der Waals surface area contributed by atoms with Crippen LogP contribution in [0.5, 0.6) is 0 Å². The average Bonchev–Trinajstić information content (AvgIpc) is 3.32. The van der Waals surface area contributed by atoms with Gasteiger partial charge in [-0.2, -0.15) is 0 Å². The second kappa shape index (κ2) is 10.6. The zero-order valence-corrected chi connectivity index (χ0v) is 18.9. The predicted molar refractivity (Wildman–Crippen MR) is 124 cm³/mol. The van der Waals surface area contributed by atoms with Gasteiger partial charge in [0.2, 0.25) is 5.91 Å². The number of carbonyl (C=O) groups is 2. The lowest BCUT2D eigenvalue weighted by atomic mass is 9.98. The Kier molecular flexibility index (Phi) is 7.40. The van der Waals surface area contributed by atoms with Crippen LogP contribution in [-0.2, 0) is 11.2 Å². The summed E-state index contributed by atoms with van der Waals surface area (Å²) in [6.45, 7) is 0.658. The van der Waals surface area contributed by atoms with Crippen molar-refractivity contribution >= 4 is 29.1 Å². The first-order valence-corrected chi connectivity index (χ1v) is 11.5. The number of amides is 2. The first kappa shape index (κ1) is 23.0. The molecule has 0 aliphatic carbocycles. The maximum absolute atomic E-state index is 13.3. The third-order valence-electron chi connectivity index (χ3n) is 5.79. The van der Waals surface area contributed by atoms with Gasteiger partial charge in [0.25, 0.3) is 5.91 Å². The Labute approximate surface area is 196 Å². The minimum absolute atomic E-state index is 0.0824. The Morgan fingerprint density at radius 3 is 2.76 bits per heavy atom. The van der Waals surface area contributed by atoms with Gasteiger partial charge in [-0.15, -0.1) is 0 Å². The molecular formula is C25H25ClFN3O3. The largest absolute Gasteiger partial charge is 0.358 e. The maximum Gasteiger partial charge on any atom is 0.277 e. The second-order valence-electron chi connectivity index (χ2n) is 8.14. The number of likely N-dealkylation sites (tertiary alicyclic amines) is 1. The summed E-state index contributed by atoms with van der Waals surface area (Å²) in [5.41, 5.74) is 1.66. The van der Waals surface area contributed by atoms with Gasteiger partial charge in [-0.05, 0) is 55.9 Å². The van der Waals surface area contributed by atoms with Gasteiger partial charge in [-0.1, -0.05) is 47.1 Å². The summed E-state index contributed by atoms with van der Waals surface area (Å²) in [6.07, 6.45) is 4.75. The fraction of sp³-hybridized carbons (Fsp3) is 0.320. The Morgan fingerprint density at radius 1 is 1.15 bits per heavy atom. The summed E-state index contributed by atoms with van der Waals surface area (Å²) >= 11 is 5.77. The van der Waals surface area contributed by atoms with Gasteiger partial charge in [-0.25, -0.2) is 4.39 Å². The second-order valence-corrected chi connectivity index (χ2v) is 8.54. The summed E-state index contributed by atoms with van der Waals surface area (Å²) in [7, 11) is 0. The number of aryl methyl sites for hydroxylation is 1. The molecule has 2 amide bonds. The number of anilines is 1. The Bertz CT molecular complexity index is 1120. The highest BCUT2D eigenvalue weighted by atomic mass is 35.5. The van der Waals surface area contributed by atoms with Crippen LogP contribution in [0.4, 0.5) is 10.1 Å². The SMILES string of the molecule is O=C(Nc1ccc(F)c(Cl)c1)c1cc(C2CCCCN2C(=O)CCCc2ccccc2)on1. The average molecular weight is 470 g/mol. The molecule has 0 radical (unpaired) electrons. The number of rotatable bonds is 7. The molecule has 172 valence electrons. The molecule has 8 heteroatoms. The van der Waals surface area contributed by atoms with Crippen LogP contribution in [0.15, 0.2) is 59.1 Å². The number of halogens is 2. The highest BCUT2D eigenvalue weighted by Gasteiger charge is 2.31. The molecule has 0 saturated carbocycles. The van der Waals surface area contributed by atoms with Crippen LogP contribution in [0.3, 0.4) is 0 Å². The fourth-order valence-electron chi connectivity index (χ4n) is 4.08. The van der Waals surface area contributed by atoms with E-state index in [1.165, 1.54) is 23.8 Å². The molecule has 4 rings (SSSR count). The monoisotopic (exact) mass is 469 g/mol. The van der Waals surface area contributed by atoms with Crippen molar-refractivity contribution in [3.8, 4) is 0 Å². The zero-order chi connectivity index (χ0) is 23.2. The van der Waals surface area contributed by atoms with Gasteiger partial charge in [0, 0.05) is 24.7 Å². The highest BCUT2D eigenvalue weighted by molar-refractivity contribution is 6.31. The van der Waals surface area contributed by atoms with Crippen LogP contribution < -0.4 is 5.32 Å². The van der Waals surface area contributed by atoms with Gasteiger partial charge in [-0.3, -0.25) is 9.59 Å². The quantitative estimate of drug-likeness (QED) is 0.474. The summed E-state index contributed by atoms with van der Waals surface area (Å²) in [4.78, 5) is 27.3. The number of hydrogen-bond acceptors (Lipinski definition) is 4. The van der Waals surface area contributed by atoms with Gasteiger partial charge >= 0.3 is 0 Å². The molecule has 0 spiro atoms. The third-order valence-corrected chi connectivity index (χ3v) is 6.08. The molecule has 1 N–H and O–H groups in total. The van der Waals surface area contributed by atoms with Crippen molar-refractivity contribution < 1.29 is 18.5 Å². The number of aromatic nitrogens is 1. The first-order chi connectivity index (χ1) is 16.0. The van der Waals surface area contributed by atoms with E-state index in [1.807, 2.05) is 23.1 Å². The van der Waals surface area contributed by atoms with E-state index in [4.69, 9.17) is 16.1 Å². The first-order valence-electron chi connectivity index (χ1n) is 11.1. The molecule has 1 fully saturated rings. The van der Waals surface area contributed by atoms with Crippen LogP contribution in [0.25, 0.3) is 0 Å². The molecule has 2 heterocycles. The van der Waals surface area contributed by atoms with Crippen molar-refractivity contribution in [1.82, 2.24) is 10.1 Å². The Balaban J connectivity index is 1.38. The highest BCUT2D eigenvalue weighted by Crippen LogP contribution is 2.32. The summed E-state index contributed by atoms with van der Waals surface area (Å²) in [6, 6.07) is 15.4. The maximum atomic E-state index is 13.3.